The predicted octanol–water partition coefficient (Wildman–Crippen LogP) is 3.49. The van der Waals surface area contributed by atoms with Gasteiger partial charge in [0.15, 0.2) is 0 Å². The molecule has 1 aliphatic carbocycles. The summed E-state index contributed by atoms with van der Waals surface area (Å²) in [6, 6.07) is 10.6. The molecule has 1 saturated carbocycles. The van der Waals surface area contributed by atoms with Crippen molar-refractivity contribution in [3.63, 3.8) is 0 Å². The minimum Gasteiger partial charge on any atom is -0.324 e. The average Bonchev–Trinajstić information content (AvgIpc) is 2.41. The molecule has 2 rings (SSSR count). The van der Waals surface area contributed by atoms with Crippen molar-refractivity contribution in [1.82, 2.24) is 5.32 Å². The second kappa shape index (κ2) is 6.53. The Morgan fingerprint density at radius 1 is 1.26 bits per heavy atom. The monoisotopic (exact) mass is 260 g/mol. The first-order chi connectivity index (χ1) is 9.17. The fraction of sp³-hybridized carbons (Fsp3) is 0.647. The molecule has 1 fully saturated rings. The highest BCUT2D eigenvalue weighted by molar-refractivity contribution is 5.19. The Hall–Kier alpha value is -0.860. The van der Waals surface area contributed by atoms with Gasteiger partial charge >= 0.3 is 0 Å². The van der Waals surface area contributed by atoms with Gasteiger partial charge in [-0.2, -0.15) is 0 Å². The summed E-state index contributed by atoms with van der Waals surface area (Å²) >= 11 is 0. The predicted molar refractivity (Wildman–Crippen MR) is 82.0 cm³/mol. The molecular weight excluding hydrogens is 232 g/mol. The van der Waals surface area contributed by atoms with Crippen molar-refractivity contribution >= 4 is 0 Å². The number of benzene rings is 1. The number of hydrogen-bond donors (Lipinski definition) is 2. The van der Waals surface area contributed by atoms with Crippen LogP contribution in [-0.4, -0.2) is 13.1 Å². The highest BCUT2D eigenvalue weighted by atomic mass is 14.9. The lowest BCUT2D eigenvalue weighted by atomic mass is 9.67. The van der Waals surface area contributed by atoms with Gasteiger partial charge in [-0.3, -0.25) is 0 Å². The molecule has 0 bridgehead atoms. The summed E-state index contributed by atoms with van der Waals surface area (Å²) in [7, 11) is 0. The Morgan fingerprint density at radius 2 is 1.95 bits per heavy atom. The normalized spacial score (nSPS) is 20.6. The quantitative estimate of drug-likeness (QED) is 0.787. The van der Waals surface area contributed by atoms with E-state index in [4.69, 9.17) is 5.73 Å². The molecule has 3 N–H and O–H groups in total. The van der Waals surface area contributed by atoms with Crippen LogP contribution >= 0.6 is 0 Å². The van der Waals surface area contributed by atoms with Crippen LogP contribution in [0.3, 0.4) is 0 Å². The fourth-order valence-corrected chi connectivity index (χ4v) is 3.03. The Bertz CT molecular complexity index is 365. The van der Waals surface area contributed by atoms with E-state index in [0.29, 0.717) is 11.3 Å². The van der Waals surface area contributed by atoms with Crippen LogP contribution in [0.25, 0.3) is 0 Å². The van der Waals surface area contributed by atoms with Crippen LogP contribution in [0.15, 0.2) is 30.3 Å². The molecule has 2 unspecified atom stereocenters. The van der Waals surface area contributed by atoms with Gasteiger partial charge in [-0.05, 0) is 42.7 Å². The lowest BCUT2D eigenvalue weighted by molar-refractivity contribution is 0.122. The van der Waals surface area contributed by atoms with Gasteiger partial charge in [0.2, 0.25) is 0 Å². The SMILES string of the molecule is CCC1(CNCC(C)C(N)c2ccccc2)CCC1. The molecule has 2 atom stereocenters. The zero-order chi connectivity index (χ0) is 13.7. The van der Waals surface area contributed by atoms with Crippen molar-refractivity contribution in [3.8, 4) is 0 Å². The third-order valence-corrected chi connectivity index (χ3v) is 4.93. The van der Waals surface area contributed by atoms with Crippen LogP contribution in [0.1, 0.15) is 51.1 Å². The molecule has 0 radical (unpaired) electrons. The molecule has 1 aliphatic rings. The second-order valence-corrected chi connectivity index (χ2v) is 6.25. The topological polar surface area (TPSA) is 38.0 Å². The van der Waals surface area contributed by atoms with E-state index in [1.165, 1.54) is 31.2 Å². The first-order valence-corrected chi connectivity index (χ1v) is 7.68. The molecule has 2 nitrogen and oxygen atoms in total. The summed E-state index contributed by atoms with van der Waals surface area (Å²) in [6.45, 7) is 6.73. The zero-order valence-electron chi connectivity index (χ0n) is 12.4. The summed E-state index contributed by atoms with van der Waals surface area (Å²) in [6.07, 6.45) is 5.51. The van der Waals surface area contributed by atoms with Crippen LogP contribution < -0.4 is 11.1 Å². The minimum atomic E-state index is 0.132. The summed E-state index contributed by atoms with van der Waals surface area (Å²) < 4.78 is 0. The Kier molecular flexibility index (Phi) is 5.00. The molecule has 106 valence electrons. The largest absolute Gasteiger partial charge is 0.324 e. The highest BCUT2D eigenvalue weighted by Crippen LogP contribution is 2.43. The summed E-state index contributed by atoms with van der Waals surface area (Å²) in [5.41, 5.74) is 8.16. The van der Waals surface area contributed by atoms with Gasteiger partial charge < -0.3 is 11.1 Å². The van der Waals surface area contributed by atoms with Gasteiger partial charge in [-0.25, -0.2) is 0 Å². The smallest absolute Gasteiger partial charge is 0.0333 e. The molecule has 1 aromatic carbocycles. The third-order valence-electron chi connectivity index (χ3n) is 4.93. The lowest BCUT2D eigenvalue weighted by Crippen LogP contribution is -2.41. The van der Waals surface area contributed by atoms with Crippen LogP contribution in [0.5, 0.6) is 0 Å². The van der Waals surface area contributed by atoms with Crippen molar-refractivity contribution in [2.75, 3.05) is 13.1 Å². The van der Waals surface area contributed by atoms with Crippen molar-refractivity contribution in [1.29, 1.82) is 0 Å². The first-order valence-electron chi connectivity index (χ1n) is 7.68. The van der Waals surface area contributed by atoms with E-state index >= 15 is 0 Å². The van der Waals surface area contributed by atoms with E-state index in [2.05, 4.69) is 43.4 Å². The molecule has 0 saturated heterocycles. The van der Waals surface area contributed by atoms with Gasteiger partial charge in [0.05, 0.1) is 0 Å². The average molecular weight is 260 g/mol. The van der Waals surface area contributed by atoms with E-state index in [1.807, 2.05) is 6.07 Å². The van der Waals surface area contributed by atoms with Crippen LogP contribution in [0.4, 0.5) is 0 Å². The van der Waals surface area contributed by atoms with Crippen LogP contribution in [-0.2, 0) is 0 Å². The Balaban J connectivity index is 1.76. The first kappa shape index (κ1) is 14.5. The molecule has 0 aromatic heterocycles. The van der Waals surface area contributed by atoms with Crippen LogP contribution in [0, 0.1) is 11.3 Å². The summed E-state index contributed by atoms with van der Waals surface area (Å²) in [4.78, 5) is 0. The van der Waals surface area contributed by atoms with E-state index in [9.17, 15) is 0 Å². The molecule has 0 amide bonds. The van der Waals surface area contributed by atoms with E-state index in [1.54, 1.807) is 0 Å². The molecular formula is C17H28N2. The van der Waals surface area contributed by atoms with Gasteiger partial charge in [-0.15, -0.1) is 0 Å². The summed E-state index contributed by atoms with van der Waals surface area (Å²) in [5, 5.41) is 3.65. The van der Waals surface area contributed by atoms with Gasteiger partial charge in [-0.1, -0.05) is 50.6 Å². The fourth-order valence-electron chi connectivity index (χ4n) is 3.03. The summed E-state index contributed by atoms with van der Waals surface area (Å²) in [5.74, 6) is 0.469. The third kappa shape index (κ3) is 3.58. The van der Waals surface area contributed by atoms with Crippen molar-refractivity contribution in [2.24, 2.45) is 17.1 Å². The van der Waals surface area contributed by atoms with E-state index in [-0.39, 0.29) is 6.04 Å². The molecule has 1 aromatic rings. The number of hydrogen-bond acceptors (Lipinski definition) is 2. The van der Waals surface area contributed by atoms with Gasteiger partial charge in [0.25, 0.3) is 0 Å². The zero-order valence-corrected chi connectivity index (χ0v) is 12.4. The van der Waals surface area contributed by atoms with Gasteiger partial charge in [0.1, 0.15) is 0 Å². The molecule has 0 spiro atoms. The van der Waals surface area contributed by atoms with Crippen molar-refractivity contribution in [3.05, 3.63) is 35.9 Å². The Morgan fingerprint density at radius 3 is 2.47 bits per heavy atom. The maximum Gasteiger partial charge on any atom is 0.0333 e. The molecule has 2 heteroatoms. The maximum atomic E-state index is 6.33. The van der Waals surface area contributed by atoms with E-state index in [0.717, 1.165) is 13.1 Å². The second-order valence-electron chi connectivity index (χ2n) is 6.25. The van der Waals surface area contributed by atoms with Crippen molar-refractivity contribution < 1.29 is 0 Å². The number of rotatable bonds is 7. The molecule has 19 heavy (non-hydrogen) atoms. The Labute approximate surface area is 117 Å². The van der Waals surface area contributed by atoms with Gasteiger partial charge in [0, 0.05) is 12.6 Å². The minimum absolute atomic E-state index is 0.132. The number of nitrogens with one attached hydrogen (secondary N) is 1. The highest BCUT2D eigenvalue weighted by Gasteiger charge is 2.34. The maximum absolute atomic E-state index is 6.33. The molecule has 0 aliphatic heterocycles. The molecule has 0 heterocycles. The van der Waals surface area contributed by atoms with E-state index < -0.39 is 0 Å². The van der Waals surface area contributed by atoms with Crippen LogP contribution in [0.2, 0.25) is 0 Å². The standard InChI is InChI=1S/C17H28N2/c1-3-17(10-7-11-17)13-19-12-14(2)16(18)15-8-5-4-6-9-15/h4-6,8-9,14,16,19H,3,7,10-13,18H2,1-2H3. The van der Waals surface area contributed by atoms with Crippen molar-refractivity contribution in [2.45, 2.75) is 45.6 Å². The number of nitrogens with two attached hydrogens (primary N) is 1. The lowest BCUT2D eigenvalue weighted by Gasteiger charge is -2.42.